The quantitative estimate of drug-likeness (QED) is 0.372. The first kappa shape index (κ1) is 21.1. The average molecular weight is 455 g/mol. The van der Waals surface area contributed by atoms with E-state index in [1.54, 1.807) is 24.3 Å². The summed E-state index contributed by atoms with van der Waals surface area (Å²) in [6, 6.07) is 15.0. The first-order valence-electron chi connectivity index (χ1n) is 9.54. The highest BCUT2D eigenvalue weighted by Gasteiger charge is 2.12. The number of carbonyl (C=O) groups is 1. The van der Waals surface area contributed by atoms with Crippen LogP contribution in [0.4, 0.5) is 5.69 Å². The summed E-state index contributed by atoms with van der Waals surface area (Å²) in [6.45, 7) is 2.04. The third-order valence-electron chi connectivity index (χ3n) is 4.32. The van der Waals surface area contributed by atoms with Gasteiger partial charge in [-0.2, -0.15) is 4.98 Å². The maximum Gasteiger partial charge on any atom is 0.227 e. The average Bonchev–Trinajstić information content (AvgIpc) is 3.42. The number of aryl methyl sites for hydroxylation is 2. The fourth-order valence-corrected chi connectivity index (χ4v) is 3.48. The molecule has 31 heavy (non-hydrogen) atoms. The predicted octanol–water partition coefficient (Wildman–Crippen LogP) is 4.68. The molecular formula is C21H19ClN6O2S. The Labute approximate surface area is 187 Å². The van der Waals surface area contributed by atoms with Crippen molar-refractivity contribution in [2.45, 2.75) is 30.7 Å². The lowest BCUT2D eigenvalue weighted by Crippen LogP contribution is -2.12. The molecule has 0 atom stereocenters. The number of thioether (sulfide) groups is 1. The Bertz CT molecular complexity index is 1160. The molecule has 0 saturated carbocycles. The van der Waals surface area contributed by atoms with E-state index in [1.807, 2.05) is 31.2 Å². The lowest BCUT2D eigenvalue weighted by atomic mass is 10.1. The van der Waals surface area contributed by atoms with Gasteiger partial charge < -0.3 is 9.84 Å². The van der Waals surface area contributed by atoms with Crippen molar-refractivity contribution < 1.29 is 9.32 Å². The van der Waals surface area contributed by atoms with E-state index < -0.39 is 0 Å². The summed E-state index contributed by atoms with van der Waals surface area (Å²) in [6.07, 6.45) is 0.591. The van der Waals surface area contributed by atoms with Crippen LogP contribution < -0.4 is 5.32 Å². The molecule has 0 aliphatic heterocycles. The summed E-state index contributed by atoms with van der Waals surface area (Å²) in [4.78, 5) is 20.9. The minimum atomic E-state index is -0.138. The molecule has 0 fully saturated rings. The van der Waals surface area contributed by atoms with Crippen molar-refractivity contribution in [1.82, 2.24) is 25.3 Å². The van der Waals surface area contributed by atoms with Crippen LogP contribution in [-0.4, -0.2) is 31.2 Å². The number of aromatic nitrogens is 5. The van der Waals surface area contributed by atoms with E-state index in [-0.39, 0.29) is 12.3 Å². The number of benzene rings is 2. The third-order valence-corrected chi connectivity index (χ3v) is 5.42. The van der Waals surface area contributed by atoms with E-state index in [1.165, 1.54) is 17.3 Å². The number of anilines is 1. The molecule has 2 aromatic heterocycles. The second-order valence-electron chi connectivity index (χ2n) is 6.78. The minimum Gasteiger partial charge on any atom is -0.339 e. The van der Waals surface area contributed by atoms with Crippen LogP contribution in [0.2, 0.25) is 5.02 Å². The Balaban J connectivity index is 1.25. The lowest BCUT2D eigenvalue weighted by Gasteiger charge is -2.03. The maximum atomic E-state index is 12.1. The molecule has 0 bridgehead atoms. The molecule has 0 spiro atoms. The second kappa shape index (κ2) is 9.76. The van der Waals surface area contributed by atoms with E-state index in [9.17, 15) is 4.79 Å². The van der Waals surface area contributed by atoms with Crippen molar-refractivity contribution in [3.8, 4) is 11.4 Å². The van der Waals surface area contributed by atoms with Gasteiger partial charge in [0.15, 0.2) is 11.6 Å². The summed E-state index contributed by atoms with van der Waals surface area (Å²) < 4.78 is 5.23. The van der Waals surface area contributed by atoms with E-state index in [2.05, 4.69) is 30.6 Å². The van der Waals surface area contributed by atoms with E-state index in [0.717, 1.165) is 5.56 Å². The largest absolute Gasteiger partial charge is 0.339 e. The van der Waals surface area contributed by atoms with Crippen LogP contribution in [-0.2, 0) is 17.0 Å². The van der Waals surface area contributed by atoms with Gasteiger partial charge in [0, 0.05) is 29.1 Å². The molecular weight excluding hydrogens is 436 g/mol. The van der Waals surface area contributed by atoms with Crippen LogP contribution >= 0.6 is 23.4 Å². The molecule has 2 heterocycles. The number of hydrogen-bond acceptors (Lipinski definition) is 7. The highest BCUT2D eigenvalue weighted by atomic mass is 35.5. The highest BCUT2D eigenvalue weighted by molar-refractivity contribution is 7.98. The molecule has 4 rings (SSSR count). The fraction of sp³-hybridized carbons (Fsp3) is 0.190. The summed E-state index contributed by atoms with van der Waals surface area (Å²) in [5.74, 6) is 1.98. The molecule has 0 unspecified atom stereocenters. The number of halogens is 1. The van der Waals surface area contributed by atoms with Crippen LogP contribution in [0, 0.1) is 6.92 Å². The standard InChI is InChI=1S/C21H19ClN6O2S/c1-13-2-4-14(5-3-13)20-25-21(27-26-20)31-12-17-24-19(30-28-17)11-10-18(29)23-16-8-6-15(22)7-9-16/h2-9H,10-12H2,1H3,(H,23,29)(H,25,26,27). The number of amides is 1. The number of H-pyrrole nitrogens is 1. The zero-order valence-corrected chi connectivity index (χ0v) is 18.2. The first-order chi connectivity index (χ1) is 15.0. The Morgan fingerprint density at radius 3 is 2.68 bits per heavy atom. The lowest BCUT2D eigenvalue weighted by molar-refractivity contribution is -0.116. The van der Waals surface area contributed by atoms with Crippen molar-refractivity contribution in [3.63, 3.8) is 0 Å². The van der Waals surface area contributed by atoms with Gasteiger partial charge in [0.05, 0.1) is 5.75 Å². The molecule has 2 N–H and O–H groups in total. The number of carbonyl (C=O) groups excluding carboxylic acids is 1. The van der Waals surface area contributed by atoms with Gasteiger partial charge >= 0.3 is 0 Å². The SMILES string of the molecule is Cc1ccc(-c2nc(SCc3noc(CCC(=O)Nc4ccc(Cl)cc4)n3)n[nH]2)cc1. The Morgan fingerprint density at radius 1 is 1.13 bits per heavy atom. The van der Waals surface area contributed by atoms with Gasteiger partial charge in [0.1, 0.15) is 0 Å². The first-order valence-corrected chi connectivity index (χ1v) is 10.9. The van der Waals surface area contributed by atoms with Gasteiger partial charge in [-0.15, -0.1) is 5.10 Å². The molecule has 8 nitrogen and oxygen atoms in total. The van der Waals surface area contributed by atoms with Crippen LogP contribution in [0.15, 0.2) is 58.2 Å². The van der Waals surface area contributed by atoms with Crippen molar-refractivity contribution in [2.75, 3.05) is 5.32 Å². The Morgan fingerprint density at radius 2 is 1.90 bits per heavy atom. The maximum absolute atomic E-state index is 12.1. The summed E-state index contributed by atoms with van der Waals surface area (Å²) in [7, 11) is 0. The smallest absolute Gasteiger partial charge is 0.227 e. The predicted molar refractivity (Wildman–Crippen MR) is 119 cm³/mol. The van der Waals surface area contributed by atoms with Gasteiger partial charge in [-0.3, -0.25) is 9.89 Å². The summed E-state index contributed by atoms with van der Waals surface area (Å²) >= 11 is 7.24. The summed E-state index contributed by atoms with van der Waals surface area (Å²) in [5, 5.41) is 15.1. The van der Waals surface area contributed by atoms with Crippen LogP contribution in [0.5, 0.6) is 0 Å². The van der Waals surface area contributed by atoms with Gasteiger partial charge in [-0.05, 0) is 31.2 Å². The zero-order valence-electron chi connectivity index (χ0n) is 16.6. The molecule has 158 valence electrons. The second-order valence-corrected chi connectivity index (χ2v) is 8.16. The monoisotopic (exact) mass is 454 g/mol. The van der Waals surface area contributed by atoms with Crippen LogP contribution in [0.1, 0.15) is 23.7 Å². The van der Waals surface area contributed by atoms with E-state index in [4.69, 9.17) is 16.1 Å². The van der Waals surface area contributed by atoms with Gasteiger partial charge in [-0.25, -0.2) is 4.98 Å². The molecule has 4 aromatic rings. The zero-order chi connectivity index (χ0) is 21.6. The molecule has 0 radical (unpaired) electrons. The number of nitrogens with zero attached hydrogens (tertiary/aromatic N) is 4. The van der Waals surface area contributed by atoms with Crippen molar-refractivity contribution in [2.24, 2.45) is 0 Å². The summed E-state index contributed by atoms with van der Waals surface area (Å²) in [5.41, 5.74) is 2.85. The van der Waals surface area contributed by atoms with Crippen molar-refractivity contribution in [3.05, 3.63) is 70.8 Å². The number of nitrogens with one attached hydrogen (secondary N) is 2. The third kappa shape index (κ3) is 5.93. The normalized spacial score (nSPS) is 10.9. The Kier molecular flexibility index (Phi) is 6.63. The van der Waals surface area contributed by atoms with Crippen molar-refractivity contribution >= 4 is 35.0 Å². The topological polar surface area (TPSA) is 110 Å². The Hall–Kier alpha value is -3.17. The van der Waals surface area contributed by atoms with E-state index >= 15 is 0 Å². The van der Waals surface area contributed by atoms with E-state index in [0.29, 0.717) is 45.6 Å². The fourth-order valence-electron chi connectivity index (χ4n) is 2.71. The minimum absolute atomic E-state index is 0.138. The molecule has 0 aliphatic carbocycles. The highest BCUT2D eigenvalue weighted by Crippen LogP contribution is 2.22. The van der Waals surface area contributed by atoms with Crippen LogP contribution in [0.3, 0.4) is 0 Å². The molecule has 0 aliphatic rings. The molecule has 2 aromatic carbocycles. The number of hydrogen-bond donors (Lipinski definition) is 2. The van der Waals surface area contributed by atoms with Crippen molar-refractivity contribution in [1.29, 1.82) is 0 Å². The number of rotatable bonds is 8. The van der Waals surface area contributed by atoms with Gasteiger partial charge in [0.25, 0.3) is 0 Å². The number of aromatic amines is 1. The van der Waals surface area contributed by atoms with Gasteiger partial charge in [-0.1, -0.05) is 58.3 Å². The molecule has 1 amide bonds. The molecule has 10 heteroatoms. The van der Waals surface area contributed by atoms with Gasteiger partial charge in [0.2, 0.25) is 17.0 Å². The molecule has 0 saturated heterocycles. The van der Waals surface area contributed by atoms with Crippen LogP contribution in [0.25, 0.3) is 11.4 Å².